The Kier molecular flexibility index (Phi) is 5.97. The van der Waals surface area contributed by atoms with Gasteiger partial charge >= 0.3 is 0 Å². The lowest BCUT2D eigenvalue weighted by atomic mass is 10.0. The van der Waals surface area contributed by atoms with Crippen LogP contribution in [-0.2, 0) is 4.79 Å². The predicted molar refractivity (Wildman–Crippen MR) is 80.2 cm³/mol. The molecule has 0 aromatic heterocycles. The van der Waals surface area contributed by atoms with Crippen LogP contribution in [0, 0.1) is 11.7 Å². The van der Waals surface area contributed by atoms with Crippen molar-refractivity contribution in [3.8, 4) is 0 Å². The number of thiocarbonyl (C=S) groups is 1. The van der Waals surface area contributed by atoms with E-state index >= 15 is 0 Å². The highest BCUT2D eigenvalue weighted by Crippen LogP contribution is 2.27. The monoisotopic (exact) mass is 322 g/mol. The van der Waals surface area contributed by atoms with Gasteiger partial charge in [-0.15, -0.1) is 0 Å². The van der Waals surface area contributed by atoms with E-state index in [0.29, 0.717) is 12.1 Å². The van der Waals surface area contributed by atoms with Crippen molar-refractivity contribution in [3.63, 3.8) is 0 Å². The molecule has 1 aromatic rings. The first-order valence-electron chi connectivity index (χ1n) is 5.61. The molecule has 1 atom stereocenters. The van der Waals surface area contributed by atoms with E-state index < -0.39 is 11.7 Å². The molecule has 0 saturated carbocycles. The van der Waals surface area contributed by atoms with E-state index in [-0.39, 0.29) is 20.9 Å². The lowest BCUT2D eigenvalue weighted by Gasteiger charge is -2.15. The van der Waals surface area contributed by atoms with Gasteiger partial charge in [-0.3, -0.25) is 4.79 Å². The van der Waals surface area contributed by atoms with Crippen LogP contribution in [0.3, 0.4) is 0 Å². The lowest BCUT2D eigenvalue weighted by molar-refractivity contribution is -0.118. The molecule has 1 unspecified atom stereocenters. The fourth-order valence-corrected chi connectivity index (χ4v) is 2.26. The van der Waals surface area contributed by atoms with Gasteiger partial charge in [0.15, 0.2) is 5.82 Å². The van der Waals surface area contributed by atoms with Gasteiger partial charge < -0.3 is 11.1 Å². The Morgan fingerprint density at radius 2 is 2.00 bits per heavy atom. The Morgan fingerprint density at radius 3 is 2.42 bits per heavy atom. The minimum atomic E-state index is -0.721. The number of nitrogens with one attached hydrogen (secondary N) is 1. The molecule has 104 valence electrons. The van der Waals surface area contributed by atoms with Crippen molar-refractivity contribution in [2.24, 2.45) is 11.7 Å². The highest BCUT2D eigenvalue weighted by molar-refractivity contribution is 7.80. The van der Waals surface area contributed by atoms with Gasteiger partial charge in [0.25, 0.3) is 0 Å². The molecular formula is C12H13Cl2FN2OS. The van der Waals surface area contributed by atoms with Crippen molar-refractivity contribution in [1.29, 1.82) is 0 Å². The first-order chi connectivity index (χ1) is 8.86. The number of halogens is 3. The second kappa shape index (κ2) is 7.03. The highest BCUT2D eigenvalue weighted by Gasteiger charge is 2.21. The average Bonchev–Trinajstić information content (AvgIpc) is 2.32. The van der Waals surface area contributed by atoms with E-state index in [1.807, 2.05) is 6.92 Å². The fraction of sp³-hybridized carbons (Fsp3) is 0.333. The third-order valence-electron chi connectivity index (χ3n) is 2.49. The zero-order valence-electron chi connectivity index (χ0n) is 10.2. The summed E-state index contributed by atoms with van der Waals surface area (Å²) in [4.78, 5) is 12.1. The van der Waals surface area contributed by atoms with Crippen LogP contribution >= 0.6 is 35.4 Å². The maximum Gasteiger partial charge on any atom is 0.234 e. The molecule has 0 aliphatic carbocycles. The molecule has 7 heteroatoms. The summed E-state index contributed by atoms with van der Waals surface area (Å²) in [5.74, 6) is -1.64. The summed E-state index contributed by atoms with van der Waals surface area (Å²) < 4.78 is 13.2. The minimum Gasteiger partial charge on any atom is -0.393 e. The number of nitrogens with two attached hydrogens (primary N) is 1. The summed E-state index contributed by atoms with van der Waals surface area (Å²) in [6.07, 6.45) is 1.31. The van der Waals surface area contributed by atoms with Gasteiger partial charge in [-0.05, 0) is 18.6 Å². The minimum absolute atomic E-state index is 0.124. The van der Waals surface area contributed by atoms with Gasteiger partial charge in [0.05, 0.1) is 21.0 Å². The normalized spacial score (nSPS) is 12.0. The lowest BCUT2D eigenvalue weighted by Crippen LogP contribution is -2.33. The van der Waals surface area contributed by atoms with Crippen molar-refractivity contribution in [1.82, 2.24) is 0 Å². The fourth-order valence-electron chi connectivity index (χ4n) is 1.55. The Labute approximate surface area is 126 Å². The van der Waals surface area contributed by atoms with Crippen molar-refractivity contribution in [2.45, 2.75) is 19.8 Å². The first-order valence-corrected chi connectivity index (χ1v) is 6.78. The van der Waals surface area contributed by atoms with Gasteiger partial charge in [-0.1, -0.05) is 48.8 Å². The Balaban J connectivity index is 2.89. The number of hydrogen-bond donors (Lipinski definition) is 2. The van der Waals surface area contributed by atoms with E-state index in [1.165, 1.54) is 12.1 Å². The number of anilines is 1. The van der Waals surface area contributed by atoms with Gasteiger partial charge in [-0.2, -0.15) is 0 Å². The maximum atomic E-state index is 13.2. The predicted octanol–water partition coefficient (Wildman–Crippen LogP) is 3.77. The van der Waals surface area contributed by atoms with Crippen LogP contribution in [0.4, 0.5) is 10.1 Å². The molecule has 0 fully saturated rings. The molecule has 1 aromatic carbocycles. The van der Waals surface area contributed by atoms with Crippen LogP contribution in [0.5, 0.6) is 0 Å². The van der Waals surface area contributed by atoms with E-state index in [4.69, 9.17) is 41.2 Å². The van der Waals surface area contributed by atoms with Crippen LogP contribution in [-0.4, -0.2) is 10.9 Å². The van der Waals surface area contributed by atoms with Crippen LogP contribution in [0.25, 0.3) is 0 Å². The molecule has 3 N–H and O–H groups in total. The number of hydrogen-bond acceptors (Lipinski definition) is 2. The molecule has 19 heavy (non-hydrogen) atoms. The molecule has 0 bridgehead atoms. The zero-order valence-corrected chi connectivity index (χ0v) is 12.5. The zero-order chi connectivity index (χ0) is 14.6. The molecule has 0 spiro atoms. The molecule has 0 aliphatic rings. The number of benzene rings is 1. The third kappa shape index (κ3) is 4.30. The largest absolute Gasteiger partial charge is 0.393 e. The maximum absolute atomic E-state index is 13.2. The standard InChI is InChI=1S/C12H13Cl2FN2OS/c1-2-3-7(11(16)19)12(18)17-6-4-8(13)10(15)9(14)5-6/h4-5,7H,2-3H2,1H3,(H2,16,19)(H,17,18). The molecule has 0 heterocycles. The summed E-state index contributed by atoms with van der Waals surface area (Å²) in [5.41, 5.74) is 5.82. The molecular weight excluding hydrogens is 310 g/mol. The van der Waals surface area contributed by atoms with Crippen LogP contribution in [0.1, 0.15) is 19.8 Å². The summed E-state index contributed by atoms with van der Waals surface area (Å²) in [6.45, 7) is 1.92. The number of carbonyl (C=O) groups excluding carboxylic acids is 1. The molecule has 0 radical (unpaired) electrons. The van der Waals surface area contributed by atoms with Gasteiger partial charge in [0.1, 0.15) is 0 Å². The first kappa shape index (κ1) is 16.1. The number of carbonyl (C=O) groups is 1. The Bertz CT molecular complexity index is 487. The number of amides is 1. The molecule has 3 nitrogen and oxygen atoms in total. The smallest absolute Gasteiger partial charge is 0.234 e. The van der Waals surface area contributed by atoms with Gasteiger partial charge in [0, 0.05) is 5.69 Å². The van der Waals surface area contributed by atoms with Gasteiger partial charge in [0.2, 0.25) is 5.91 Å². The molecule has 0 aliphatic heterocycles. The van der Waals surface area contributed by atoms with Crippen molar-refractivity contribution >= 4 is 52.0 Å². The third-order valence-corrected chi connectivity index (χ3v) is 3.32. The highest BCUT2D eigenvalue weighted by atomic mass is 35.5. The van der Waals surface area contributed by atoms with E-state index in [1.54, 1.807) is 0 Å². The number of rotatable bonds is 5. The van der Waals surface area contributed by atoms with E-state index in [0.717, 1.165) is 6.42 Å². The Morgan fingerprint density at radius 1 is 1.47 bits per heavy atom. The van der Waals surface area contributed by atoms with Crippen LogP contribution in [0.2, 0.25) is 10.0 Å². The SMILES string of the molecule is CCCC(C(=O)Nc1cc(Cl)c(F)c(Cl)c1)C(N)=S. The summed E-state index contributed by atoms with van der Waals surface area (Å²) in [7, 11) is 0. The van der Waals surface area contributed by atoms with Crippen LogP contribution in [0.15, 0.2) is 12.1 Å². The van der Waals surface area contributed by atoms with E-state index in [2.05, 4.69) is 5.32 Å². The molecule has 0 saturated heterocycles. The molecule has 1 rings (SSSR count). The topological polar surface area (TPSA) is 55.1 Å². The van der Waals surface area contributed by atoms with Crippen molar-refractivity contribution in [2.75, 3.05) is 5.32 Å². The average molecular weight is 323 g/mol. The van der Waals surface area contributed by atoms with Gasteiger partial charge in [-0.25, -0.2) is 4.39 Å². The van der Waals surface area contributed by atoms with Crippen molar-refractivity contribution in [3.05, 3.63) is 28.0 Å². The summed E-state index contributed by atoms with van der Waals surface area (Å²) in [5, 5.41) is 2.25. The summed E-state index contributed by atoms with van der Waals surface area (Å²) in [6, 6.07) is 2.56. The van der Waals surface area contributed by atoms with E-state index in [9.17, 15) is 9.18 Å². The second-order valence-corrected chi connectivity index (χ2v) is 5.27. The quantitative estimate of drug-likeness (QED) is 0.640. The Hall–Kier alpha value is -0.910. The second-order valence-electron chi connectivity index (χ2n) is 3.99. The molecule has 1 amide bonds. The van der Waals surface area contributed by atoms with Crippen molar-refractivity contribution < 1.29 is 9.18 Å². The summed E-state index contributed by atoms with van der Waals surface area (Å²) >= 11 is 16.1. The van der Waals surface area contributed by atoms with Crippen LogP contribution < -0.4 is 11.1 Å².